The second kappa shape index (κ2) is 4.97. The summed E-state index contributed by atoms with van der Waals surface area (Å²) in [6.45, 7) is 3.24. The Morgan fingerprint density at radius 3 is 2.93 bits per heavy atom. The maximum absolute atomic E-state index is 11.0. The number of nitrogens with one attached hydrogen (secondary N) is 2. The average Bonchev–Trinajstić information content (AvgIpc) is 2.83. The molecule has 0 aromatic carbocycles. The van der Waals surface area contributed by atoms with Crippen LogP contribution in [0.5, 0.6) is 0 Å². The molecule has 1 aliphatic heterocycles. The van der Waals surface area contributed by atoms with Crippen molar-refractivity contribution < 1.29 is 4.79 Å². The van der Waals surface area contributed by atoms with Gasteiger partial charge >= 0.3 is 0 Å². The molecule has 0 radical (unpaired) electrons. The van der Waals surface area contributed by atoms with Crippen LogP contribution in [-0.4, -0.2) is 24.5 Å². The largest absolute Gasteiger partial charge is 0.352 e. The Kier molecular flexibility index (Phi) is 3.62. The van der Waals surface area contributed by atoms with Crippen molar-refractivity contribution in [2.24, 2.45) is 5.92 Å². The van der Waals surface area contributed by atoms with Crippen LogP contribution in [0.1, 0.15) is 45.4 Å². The lowest BCUT2D eigenvalue weighted by atomic mass is 10.0. The smallest absolute Gasteiger partial charge is 0.220 e. The molecule has 2 fully saturated rings. The SMILES string of the molecule is CCC1CCCC1NCC1CCC(=O)N1. The summed E-state index contributed by atoms with van der Waals surface area (Å²) in [6, 6.07) is 1.09. The lowest BCUT2D eigenvalue weighted by Crippen LogP contribution is -2.41. The van der Waals surface area contributed by atoms with E-state index in [2.05, 4.69) is 17.6 Å². The van der Waals surface area contributed by atoms with Crippen molar-refractivity contribution in [2.75, 3.05) is 6.54 Å². The molecular weight excluding hydrogens is 188 g/mol. The van der Waals surface area contributed by atoms with E-state index < -0.39 is 0 Å². The summed E-state index contributed by atoms with van der Waals surface area (Å²) in [7, 11) is 0. The molecule has 86 valence electrons. The summed E-state index contributed by atoms with van der Waals surface area (Å²) in [5.74, 6) is 1.09. The van der Waals surface area contributed by atoms with Crippen LogP contribution in [0.25, 0.3) is 0 Å². The first kappa shape index (κ1) is 10.9. The molecule has 0 bridgehead atoms. The van der Waals surface area contributed by atoms with Gasteiger partial charge in [-0.1, -0.05) is 19.8 Å². The van der Waals surface area contributed by atoms with Crippen LogP contribution in [-0.2, 0) is 4.79 Å². The highest BCUT2D eigenvalue weighted by atomic mass is 16.1. The van der Waals surface area contributed by atoms with E-state index in [9.17, 15) is 4.79 Å². The summed E-state index contributed by atoms with van der Waals surface area (Å²) in [4.78, 5) is 11.0. The second-order valence-electron chi connectivity index (χ2n) is 4.92. The van der Waals surface area contributed by atoms with Crippen LogP contribution in [0.2, 0.25) is 0 Å². The lowest BCUT2D eigenvalue weighted by molar-refractivity contribution is -0.119. The second-order valence-corrected chi connectivity index (χ2v) is 4.92. The van der Waals surface area contributed by atoms with Crippen molar-refractivity contribution >= 4 is 5.91 Å². The van der Waals surface area contributed by atoms with Crippen molar-refractivity contribution in [3.8, 4) is 0 Å². The summed E-state index contributed by atoms with van der Waals surface area (Å²) in [5.41, 5.74) is 0. The quantitative estimate of drug-likeness (QED) is 0.737. The first-order valence-corrected chi connectivity index (χ1v) is 6.32. The van der Waals surface area contributed by atoms with Gasteiger partial charge in [0, 0.05) is 25.0 Å². The van der Waals surface area contributed by atoms with Crippen LogP contribution >= 0.6 is 0 Å². The third-order valence-corrected chi connectivity index (χ3v) is 3.89. The Balaban J connectivity index is 1.71. The van der Waals surface area contributed by atoms with Gasteiger partial charge in [-0.2, -0.15) is 0 Å². The van der Waals surface area contributed by atoms with E-state index in [0.717, 1.165) is 18.9 Å². The molecular formula is C12H22N2O. The standard InChI is InChI=1S/C12H22N2O/c1-2-9-4-3-5-11(9)13-8-10-6-7-12(15)14-10/h9-11,13H,2-8H2,1H3,(H,14,15). The van der Waals surface area contributed by atoms with Gasteiger partial charge in [-0.25, -0.2) is 0 Å². The third kappa shape index (κ3) is 2.71. The molecule has 2 rings (SSSR count). The average molecular weight is 210 g/mol. The molecule has 1 aliphatic carbocycles. The summed E-state index contributed by atoms with van der Waals surface area (Å²) in [6.07, 6.45) is 7.08. The van der Waals surface area contributed by atoms with Gasteiger partial charge in [0.15, 0.2) is 0 Å². The van der Waals surface area contributed by atoms with E-state index in [0.29, 0.717) is 18.5 Å². The monoisotopic (exact) mass is 210 g/mol. The number of carbonyl (C=O) groups is 1. The maximum atomic E-state index is 11.0. The number of hydrogen-bond donors (Lipinski definition) is 2. The molecule has 0 aromatic rings. The van der Waals surface area contributed by atoms with Gasteiger partial charge in [-0.3, -0.25) is 4.79 Å². The normalized spacial score (nSPS) is 35.8. The highest BCUT2D eigenvalue weighted by Gasteiger charge is 2.27. The number of hydrogen-bond acceptors (Lipinski definition) is 2. The predicted octanol–water partition coefficient (Wildman–Crippen LogP) is 1.43. The molecule has 1 saturated heterocycles. The fraction of sp³-hybridized carbons (Fsp3) is 0.917. The minimum absolute atomic E-state index is 0.222. The maximum Gasteiger partial charge on any atom is 0.220 e. The fourth-order valence-electron chi connectivity index (χ4n) is 2.92. The minimum atomic E-state index is 0.222. The van der Waals surface area contributed by atoms with Gasteiger partial charge in [-0.15, -0.1) is 0 Å². The van der Waals surface area contributed by atoms with Crippen LogP contribution in [0.15, 0.2) is 0 Å². The lowest BCUT2D eigenvalue weighted by Gasteiger charge is -2.21. The van der Waals surface area contributed by atoms with Crippen LogP contribution < -0.4 is 10.6 Å². The zero-order valence-electron chi connectivity index (χ0n) is 9.59. The Bertz CT molecular complexity index is 230. The van der Waals surface area contributed by atoms with E-state index in [1.54, 1.807) is 0 Å². The van der Waals surface area contributed by atoms with Crippen molar-refractivity contribution in [2.45, 2.75) is 57.5 Å². The molecule has 1 saturated carbocycles. The van der Waals surface area contributed by atoms with Crippen molar-refractivity contribution in [3.05, 3.63) is 0 Å². The summed E-state index contributed by atoms with van der Waals surface area (Å²) >= 11 is 0. The molecule has 3 unspecified atom stereocenters. The van der Waals surface area contributed by atoms with E-state index in [-0.39, 0.29) is 5.91 Å². The van der Waals surface area contributed by atoms with E-state index in [4.69, 9.17) is 0 Å². The summed E-state index contributed by atoms with van der Waals surface area (Å²) < 4.78 is 0. The Morgan fingerprint density at radius 2 is 2.27 bits per heavy atom. The molecule has 3 nitrogen and oxygen atoms in total. The van der Waals surface area contributed by atoms with Gasteiger partial charge in [0.2, 0.25) is 5.91 Å². The van der Waals surface area contributed by atoms with E-state index >= 15 is 0 Å². The van der Waals surface area contributed by atoms with Gasteiger partial charge < -0.3 is 10.6 Å². The molecule has 0 spiro atoms. The Hall–Kier alpha value is -0.570. The van der Waals surface area contributed by atoms with E-state index in [1.165, 1.54) is 25.7 Å². The Morgan fingerprint density at radius 1 is 1.40 bits per heavy atom. The van der Waals surface area contributed by atoms with E-state index in [1.807, 2.05) is 0 Å². The molecule has 2 N–H and O–H groups in total. The summed E-state index contributed by atoms with van der Waals surface area (Å²) in [5, 5.41) is 6.64. The highest BCUT2D eigenvalue weighted by molar-refractivity contribution is 5.78. The van der Waals surface area contributed by atoms with Crippen molar-refractivity contribution in [3.63, 3.8) is 0 Å². The van der Waals surface area contributed by atoms with Crippen LogP contribution in [0.4, 0.5) is 0 Å². The fourth-order valence-corrected chi connectivity index (χ4v) is 2.92. The zero-order valence-corrected chi connectivity index (χ0v) is 9.59. The van der Waals surface area contributed by atoms with Gasteiger partial charge in [0.1, 0.15) is 0 Å². The number of carbonyl (C=O) groups excluding carboxylic acids is 1. The minimum Gasteiger partial charge on any atom is -0.352 e. The molecule has 2 aliphatic rings. The Labute approximate surface area is 92.0 Å². The first-order valence-electron chi connectivity index (χ1n) is 6.32. The molecule has 15 heavy (non-hydrogen) atoms. The topological polar surface area (TPSA) is 41.1 Å². The molecule has 1 amide bonds. The zero-order chi connectivity index (χ0) is 10.7. The molecule has 3 heteroatoms. The third-order valence-electron chi connectivity index (χ3n) is 3.89. The molecule has 0 aromatic heterocycles. The van der Waals surface area contributed by atoms with Crippen LogP contribution in [0.3, 0.4) is 0 Å². The predicted molar refractivity (Wildman–Crippen MR) is 60.6 cm³/mol. The molecule has 3 atom stereocenters. The van der Waals surface area contributed by atoms with Gasteiger partial charge in [0.05, 0.1) is 0 Å². The van der Waals surface area contributed by atoms with Crippen molar-refractivity contribution in [1.29, 1.82) is 0 Å². The molecule has 1 heterocycles. The van der Waals surface area contributed by atoms with Crippen LogP contribution in [0, 0.1) is 5.92 Å². The first-order chi connectivity index (χ1) is 7.29. The van der Waals surface area contributed by atoms with Gasteiger partial charge in [-0.05, 0) is 25.2 Å². The highest BCUT2D eigenvalue weighted by Crippen LogP contribution is 2.28. The number of rotatable bonds is 4. The van der Waals surface area contributed by atoms with Gasteiger partial charge in [0.25, 0.3) is 0 Å². The number of amides is 1. The van der Waals surface area contributed by atoms with Crippen molar-refractivity contribution in [1.82, 2.24) is 10.6 Å².